The summed E-state index contributed by atoms with van der Waals surface area (Å²) in [4.78, 5) is 12.1. The Morgan fingerprint density at radius 3 is 2.30 bits per heavy atom. The van der Waals surface area contributed by atoms with E-state index in [-0.39, 0.29) is 11.3 Å². The second kappa shape index (κ2) is 6.33. The van der Waals surface area contributed by atoms with Gasteiger partial charge < -0.3 is 5.32 Å². The van der Waals surface area contributed by atoms with E-state index in [9.17, 15) is 22.0 Å². The molecule has 2 rings (SSSR count). The van der Waals surface area contributed by atoms with Crippen molar-refractivity contribution in [2.45, 2.75) is 6.92 Å². The topological polar surface area (TPSA) is 75.3 Å². The molecular formula is C15H14F2N2O3S. The van der Waals surface area contributed by atoms with Crippen LogP contribution in [0.1, 0.15) is 15.9 Å². The van der Waals surface area contributed by atoms with Crippen LogP contribution in [0.15, 0.2) is 36.4 Å². The fourth-order valence-electron chi connectivity index (χ4n) is 1.90. The van der Waals surface area contributed by atoms with Gasteiger partial charge in [-0.15, -0.1) is 0 Å². The smallest absolute Gasteiger partial charge is 0.255 e. The number of hydrogen-bond donors (Lipinski definition) is 2. The van der Waals surface area contributed by atoms with Gasteiger partial charge in [-0.05, 0) is 42.8 Å². The highest BCUT2D eigenvalue weighted by atomic mass is 32.2. The first-order chi connectivity index (χ1) is 10.7. The maximum Gasteiger partial charge on any atom is 0.255 e. The minimum Gasteiger partial charge on any atom is -0.322 e. The molecule has 0 aliphatic heterocycles. The molecule has 0 heterocycles. The first-order valence-corrected chi connectivity index (χ1v) is 8.40. The molecule has 0 aliphatic carbocycles. The molecule has 0 aliphatic rings. The van der Waals surface area contributed by atoms with Gasteiger partial charge in [-0.3, -0.25) is 9.52 Å². The molecular weight excluding hydrogens is 326 g/mol. The molecule has 2 N–H and O–H groups in total. The number of anilines is 2. The number of amides is 1. The molecule has 0 unspecified atom stereocenters. The van der Waals surface area contributed by atoms with Crippen molar-refractivity contribution in [3.05, 3.63) is 59.2 Å². The molecule has 1 amide bonds. The summed E-state index contributed by atoms with van der Waals surface area (Å²) < 4.78 is 50.7. The van der Waals surface area contributed by atoms with E-state index in [1.54, 1.807) is 6.92 Å². The monoisotopic (exact) mass is 340 g/mol. The molecule has 0 fully saturated rings. The lowest BCUT2D eigenvalue weighted by Crippen LogP contribution is -2.14. The van der Waals surface area contributed by atoms with E-state index in [0.29, 0.717) is 11.3 Å². The van der Waals surface area contributed by atoms with Gasteiger partial charge >= 0.3 is 0 Å². The largest absolute Gasteiger partial charge is 0.322 e. The molecule has 0 radical (unpaired) electrons. The Morgan fingerprint density at radius 2 is 1.74 bits per heavy atom. The van der Waals surface area contributed by atoms with E-state index in [1.807, 2.05) is 0 Å². The quantitative estimate of drug-likeness (QED) is 0.899. The third-order valence-electron chi connectivity index (χ3n) is 2.96. The highest BCUT2D eigenvalue weighted by Gasteiger charge is 2.11. The summed E-state index contributed by atoms with van der Waals surface area (Å²) in [6, 6.07) is 7.40. The average Bonchev–Trinajstić information content (AvgIpc) is 2.43. The lowest BCUT2D eigenvalue weighted by Gasteiger charge is -2.10. The number of carbonyl (C=O) groups is 1. The van der Waals surface area contributed by atoms with E-state index >= 15 is 0 Å². The number of carbonyl (C=O) groups excluding carboxylic acids is 1. The summed E-state index contributed by atoms with van der Waals surface area (Å²) in [5.41, 5.74) is 1.28. The maximum atomic E-state index is 13.1. The number of benzene rings is 2. The SMILES string of the molecule is Cc1cc(C(=O)Nc2ccc(F)c(F)c2)ccc1NS(C)(=O)=O. The zero-order valence-corrected chi connectivity index (χ0v) is 13.2. The van der Waals surface area contributed by atoms with Gasteiger partial charge in [-0.2, -0.15) is 0 Å². The standard InChI is InChI=1S/C15H14F2N2O3S/c1-9-7-10(3-6-14(9)19-23(2,21)22)15(20)18-11-4-5-12(16)13(17)8-11/h3-8,19H,1-2H3,(H,18,20). The van der Waals surface area contributed by atoms with Crippen LogP contribution in [0.5, 0.6) is 0 Å². The van der Waals surface area contributed by atoms with Gasteiger partial charge in [0.2, 0.25) is 10.0 Å². The number of sulfonamides is 1. The lowest BCUT2D eigenvalue weighted by molar-refractivity contribution is 0.102. The molecule has 8 heteroatoms. The summed E-state index contributed by atoms with van der Waals surface area (Å²) in [5.74, 6) is -2.59. The van der Waals surface area contributed by atoms with Crippen molar-refractivity contribution in [1.82, 2.24) is 0 Å². The number of rotatable bonds is 4. The Hall–Kier alpha value is -2.48. The van der Waals surface area contributed by atoms with E-state index in [0.717, 1.165) is 18.4 Å². The fraction of sp³-hybridized carbons (Fsp3) is 0.133. The number of halogens is 2. The Morgan fingerprint density at radius 1 is 1.04 bits per heavy atom. The van der Waals surface area contributed by atoms with Crippen molar-refractivity contribution < 1.29 is 22.0 Å². The van der Waals surface area contributed by atoms with Crippen LogP contribution < -0.4 is 10.0 Å². The Balaban J connectivity index is 2.19. The van der Waals surface area contributed by atoms with E-state index < -0.39 is 27.6 Å². The zero-order valence-electron chi connectivity index (χ0n) is 12.4. The van der Waals surface area contributed by atoms with Gasteiger partial charge in [0.25, 0.3) is 5.91 Å². The van der Waals surface area contributed by atoms with Gasteiger partial charge in [0.1, 0.15) is 0 Å². The Labute approximate surface area is 132 Å². The van der Waals surface area contributed by atoms with Crippen LogP contribution in [0.4, 0.5) is 20.2 Å². The van der Waals surface area contributed by atoms with Crippen molar-refractivity contribution in [3.8, 4) is 0 Å². The number of hydrogen-bond acceptors (Lipinski definition) is 3. The van der Waals surface area contributed by atoms with Crippen LogP contribution in [0.3, 0.4) is 0 Å². The predicted octanol–water partition coefficient (Wildman–Crippen LogP) is 2.90. The van der Waals surface area contributed by atoms with E-state index in [4.69, 9.17) is 0 Å². The number of nitrogens with one attached hydrogen (secondary N) is 2. The fourth-order valence-corrected chi connectivity index (χ4v) is 2.52. The van der Waals surface area contributed by atoms with Gasteiger partial charge in [-0.1, -0.05) is 0 Å². The van der Waals surface area contributed by atoms with Crippen molar-refractivity contribution in [2.24, 2.45) is 0 Å². The van der Waals surface area contributed by atoms with E-state index in [2.05, 4.69) is 10.0 Å². The van der Waals surface area contributed by atoms with Crippen molar-refractivity contribution in [2.75, 3.05) is 16.3 Å². The summed E-state index contributed by atoms with van der Waals surface area (Å²) in [7, 11) is -3.42. The van der Waals surface area contributed by atoms with E-state index in [1.165, 1.54) is 24.3 Å². The molecule has 0 saturated carbocycles. The minimum absolute atomic E-state index is 0.116. The molecule has 0 aromatic heterocycles. The second-order valence-electron chi connectivity index (χ2n) is 4.99. The highest BCUT2D eigenvalue weighted by molar-refractivity contribution is 7.92. The molecule has 0 bridgehead atoms. The molecule has 0 saturated heterocycles. The second-order valence-corrected chi connectivity index (χ2v) is 6.74. The molecule has 2 aromatic rings. The summed E-state index contributed by atoms with van der Waals surface area (Å²) >= 11 is 0. The van der Waals surface area contributed by atoms with Gasteiger partial charge in [0.05, 0.1) is 11.9 Å². The maximum absolute atomic E-state index is 13.1. The van der Waals surface area contributed by atoms with Crippen molar-refractivity contribution in [1.29, 1.82) is 0 Å². The highest BCUT2D eigenvalue weighted by Crippen LogP contribution is 2.19. The van der Waals surface area contributed by atoms with Gasteiger partial charge in [-0.25, -0.2) is 17.2 Å². The van der Waals surface area contributed by atoms with Crippen LogP contribution in [0.25, 0.3) is 0 Å². The lowest BCUT2D eigenvalue weighted by atomic mass is 10.1. The molecule has 2 aromatic carbocycles. The molecule has 5 nitrogen and oxygen atoms in total. The Kier molecular flexibility index (Phi) is 4.65. The summed E-state index contributed by atoms with van der Waals surface area (Å²) in [5, 5.41) is 2.44. The van der Waals surface area contributed by atoms with Crippen LogP contribution in [-0.2, 0) is 10.0 Å². The molecule has 0 atom stereocenters. The minimum atomic E-state index is -3.42. The normalized spacial score (nSPS) is 11.1. The van der Waals surface area contributed by atoms with Crippen LogP contribution in [0, 0.1) is 18.6 Å². The zero-order chi connectivity index (χ0) is 17.2. The first kappa shape index (κ1) is 16.9. The van der Waals surface area contributed by atoms with Gasteiger partial charge in [0.15, 0.2) is 11.6 Å². The molecule has 122 valence electrons. The summed E-state index contributed by atoms with van der Waals surface area (Å²) in [6.45, 7) is 1.64. The van der Waals surface area contributed by atoms with Crippen molar-refractivity contribution in [3.63, 3.8) is 0 Å². The average molecular weight is 340 g/mol. The molecule has 0 spiro atoms. The first-order valence-electron chi connectivity index (χ1n) is 6.50. The predicted molar refractivity (Wildman–Crippen MR) is 84.0 cm³/mol. The van der Waals surface area contributed by atoms with Crippen molar-refractivity contribution >= 4 is 27.3 Å². The molecule has 23 heavy (non-hydrogen) atoms. The Bertz CT molecular complexity index is 867. The van der Waals surface area contributed by atoms with Crippen LogP contribution in [0.2, 0.25) is 0 Å². The number of aryl methyl sites for hydroxylation is 1. The van der Waals surface area contributed by atoms with Gasteiger partial charge in [0, 0.05) is 17.3 Å². The van der Waals surface area contributed by atoms with Crippen LogP contribution in [-0.4, -0.2) is 20.6 Å². The van der Waals surface area contributed by atoms with Crippen LogP contribution >= 0.6 is 0 Å². The summed E-state index contributed by atoms with van der Waals surface area (Å²) in [6.07, 6.45) is 1.02. The third kappa shape index (κ3) is 4.49. The third-order valence-corrected chi connectivity index (χ3v) is 3.55.